The Bertz CT molecular complexity index is 116. The maximum absolute atomic E-state index is 10.5. The number of nitrogens with zero attached hydrogens (tertiary/aromatic N) is 1. The molecule has 52 valence electrons. The Labute approximate surface area is 59.6 Å². The highest BCUT2D eigenvalue weighted by atomic mass is 32.1. The lowest BCUT2D eigenvalue weighted by Gasteiger charge is -1.99. The van der Waals surface area contributed by atoms with Crippen LogP contribution in [0.5, 0.6) is 0 Å². The first-order valence-electron chi connectivity index (χ1n) is 2.60. The Hall–Kier alpha value is -0.510. The number of carbonyl (C=O) groups is 1. The van der Waals surface area contributed by atoms with Gasteiger partial charge in [-0.3, -0.25) is 4.79 Å². The lowest BCUT2D eigenvalue weighted by Crippen LogP contribution is -2.08. The van der Waals surface area contributed by atoms with E-state index in [0.717, 1.165) is 0 Å². The molecule has 0 amide bonds. The third-order valence-electron chi connectivity index (χ3n) is 0.870. The number of methoxy groups -OCH3 is 1. The molecule has 0 spiro atoms. The van der Waals surface area contributed by atoms with Crippen molar-refractivity contribution >= 4 is 18.4 Å². The highest BCUT2D eigenvalue weighted by molar-refractivity contribution is 7.47. The molecule has 0 N–H and O–H groups in total. The molecule has 0 saturated carbocycles. The minimum atomic E-state index is -0.267. The van der Waals surface area contributed by atoms with Crippen molar-refractivity contribution in [3.8, 4) is 0 Å². The van der Waals surface area contributed by atoms with Gasteiger partial charge in [-0.05, 0) is 6.92 Å². The van der Waals surface area contributed by atoms with E-state index in [-0.39, 0.29) is 18.4 Å². The molecule has 0 fully saturated rings. The van der Waals surface area contributed by atoms with E-state index in [1.807, 2.05) is 0 Å². The van der Waals surface area contributed by atoms with Gasteiger partial charge in [-0.2, -0.15) is 0 Å². The molecule has 0 radical (unpaired) electrons. The van der Waals surface area contributed by atoms with Crippen LogP contribution in [0.1, 0.15) is 13.3 Å². The summed E-state index contributed by atoms with van der Waals surface area (Å²) in [7, 11) is 1.35. The first kappa shape index (κ1) is 8.49. The zero-order valence-corrected chi connectivity index (χ0v) is 6.27. The minimum Gasteiger partial charge on any atom is -0.469 e. The summed E-state index contributed by atoms with van der Waals surface area (Å²) in [4.78, 5) is 10.5. The Morgan fingerprint density at radius 2 is 2.44 bits per heavy atom. The van der Waals surface area contributed by atoms with Gasteiger partial charge in [-0.15, -0.1) is 0 Å². The predicted molar refractivity (Wildman–Crippen MR) is 35.9 cm³/mol. The fourth-order valence-corrected chi connectivity index (χ4v) is 0.436. The Kier molecular flexibility index (Phi) is 4.13. The van der Waals surface area contributed by atoms with Crippen molar-refractivity contribution < 1.29 is 9.53 Å². The molecule has 0 rings (SSSR count). The second-order valence-electron chi connectivity index (χ2n) is 1.73. The summed E-state index contributed by atoms with van der Waals surface area (Å²) in [5.41, 5.74) is 0. The third-order valence-corrected chi connectivity index (χ3v) is 1.23. The second-order valence-corrected chi connectivity index (χ2v) is 1.95. The molecule has 9 heavy (non-hydrogen) atoms. The first-order chi connectivity index (χ1) is 4.20. The quantitative estimate of drug-likeness (QED) is 0.551. The summed E-state index contributed by atoms with van der Waals surface area (Å²) in [6.07, 6.45) is 0.278. The maximum Gasteiger partial charge on any atom is 0.307 e. The Morgan fingerprint density at radius 3 is 2.78 bits per heavy atom. The molecule has 0 heterocycles. The van der Waals surface area contributed by atoms with Gasteiger partial charge in [-0.1, -0.05) is 0 Å². The maximum atomic E-state index is 10.5. The number of ether oxygens (including phenoxy) is 1. The van der Waals surface area contributed by atoms with Gasteiger partial charge in [-0.25, -0.2) is 4.36 Å². The average Bonchev–Trinajstić information content (AvgIpc) is 1.87. The van der Waals surface area contributed by atoms with Crippen LogP contribution in [0.3, 0.4) is 0 Å². The second kappa shape index (κ2) is 4.38. The Morgan fingerprint density at radius 1 is 1.89 bits per heavy atom. The summed E-state index contributed by atoms with van der Waals surface area (Å²) in [5.74, 6) is -0.267. The van der Waals surface area contributed by atoms with Gasteiger partial charge in [0.1, 0.15) is 0 Å². The third kappa shape index (κ3) is 4.02. The van der Waals surface area contributed by atoms with Crippen LogP contribution in [-0.2, 0) is 22.0 Å². The van der Waals surface area contributed by atoms with Crippen LogP contribution in [0.15, 0.2) is 4.36 Å². The van der Waals surface area contributed by atoms with Gasteiger partial charge in [0.2, 0.25) is 0 Å². The molecule has 0 bridgehead atoms. The topological polar surface area (TPSA) is 38.7 Å². The van der Waals surface area contributed by atoms with Crippen LogP contribution in [-0.4, -0.2) is 19.1 Å². The van der Waals surface area contributed by atoms with E-state index in [0.29, 0.717) is 0 Å². The van der Waals surface area contributed by atoms with E-state index in [1.54, 1.807) is 6.92 Å². The van der Waals surface area contributed by atoms with Crippen LogP contribution in [0, 0.1) is 0 Å². The van der Waals surface area contributed by atoms with Gasteiger partial charge < -0.3 is 4.74 Å². The monoisotopic (exact) mass is 147 g/mol. The summed E-state index contributed by atoms with van der Waals surface area (Å²) in [5, 5.41) is 0. The van der Waals surface area contributed by atoms with Gasteiger partial charge in [0.25, 0.3) is 0 Å². The molecular weight excluding hydrogens is 138 g/mol. The lowest BCUT2D eigenvalue weighted by molar-refractivity contribution is -0.140. The van der Waals surface area contributed by atoms with Gasteiger partial charge in [0.15, 0.2) is 0 Å². The van der Waals surface area contributed by atoms with Gasteiger partial charge in [0.05, 0.1) is 19.6 Å². The smallest absolute Gasteiger partial charge is 0.307 e. The SMILES string of the molecule is COC(=O)CC(C)N=S. The van der Waals surface area contributed by atoms with E-state index in [2.05, 4.69) is 21.5 Å². The summed E-state index contributed by atoms with van der Waals surface area (Å²) in [6, 6.07) is -0.104. The van der Waals surface area contributed by atoms with Crippen molar-refractivity contribution in [2.45, 2.75) is 19.4 Å². The standard InChI is InChI=1S/C5H9NO2S/c1-4(6-9)3-5(7)8-2/h4H,3H2,1-2H3. The number of carbonyl (C=O) groups excluding carboxylic acids is 1. The lowest BCUT2D eigenvalue weighted by atomic mass is 10.3. The molecule has 0 aromatic carbocycles. The molecule has 1 atom stereocenters. The zero-order valence-electron chi connectivity index (χ0n) is 5.46. The molecule has 0 aliphatic carbocycles. The van der Waals surface area contributed by atoms with E-state index in [9.17, 15) is 4.79 Å². The van der Waals surface area contributed by atoms with E-state index in [4.69, 9.17) is 0 Å². The van der Waals surface area contributed by atoms with E-state index < -0.39 is 0 Å². The molecule has 0 aliphatic heterocycles. The van der Waals surface area contributed by atoms with Crippen molar-refractivity contribution in [2.75, 3.05) is 7.11 Å². The predicted octanol–water partition coefficient (Wildman–Crippen LogP) is 0.668. The van der Waals surface area contributed by atoms with Crippen LogP contribution in [0.4, 0.5) is 0 Å². The Balaban J connectivity index is 3.46. The van der Waals surface area contributed by atoms with Crippen molar-refractivity contribution in [1.82, 2.24) is 0 Å². The molecule has 3 nitrogen and oxygen atoms in total. The van der Waals surface area contributed by atoms with E-state index >= 15 is 0 Å². The van der Waals surface area contributed by atoms with E-state index in [1.165, 1.54) is 7.11 Å². The van der Waals surface area contributed by atoms with Gasteiger partial charge >= 0.3 is 5.97 Å². The van der Waals surface area contributed by atoms with Crippen molar-refractivity contribution in [3.63, 3.8) is 0 Å². The molecule has 0 saturated heterocycles. The van der Waals surface area contributed by atoms with Crippen LogP contribution >= 0.6 is 0 Å². The van der Waals surface area contributed by atoms with Crippen LogP contribution in [0.25, 0.3) is 0 Å². The van der Waals surface area contributed by atoms with Gasteiger partial charge in [0, 0.05) is 12.4 Å². The van der Waals surface area contributed by atoms with Crippen LogP contribution in [0.2, 0.25) is 0 Å². The van der Waals surface area contributed by atoms with Crippen molar-refractivity contribution in [1.29, 1.82) is 0 Å². The number of hydrogen-bond acceptors (Lipinski definition) is 4. The number of rotatable bonds is 3. The van der Waals surface area contributed by atoms with Crippen LogP contribution < -0.4 is 0 Å². The molecule has 0 aromatic rings. The normalized spacial score (nSPS) is 12.2. The zero-order chi connectivity index (χ0) is 7.28. The minimum absolute atomic E-state index is 0.104. The van der Waals surface area contributed by atoms with Crippen molar-refractivity contribution in [2.24, 2.45) is 4.36 Å². The number of hydrogen-bond donors (Lipinski definition) is 0. The fourth-order valence-electron chi connectivity index (χ4n) is 0.362. The molecule has 1 unspecified atom stereocenters. The largest absolute Gasteiger partial charge is 0.469 e. The molecule has 4 heteroatoms. The highest BCUT2D eigenvalue weighted by Gasteiger charge is 2.05. The molecular formula is C5H9NO2S. The number of esters is 1. The first-order valence-corrected chi connectivity index (χ1v) is 2.96. The average molecular weight is 147 g/mol. The fraction of sp³-hybridized carbons (Fsp3) is 0.800. The van der Waals surface area contributed by atoms with Crippen molar-refractivity contribution in [3.05, 3.63) is 0 Å². The molecule has 0 aliphatic rings. The highest BCUT2D eigenvalue weighted by Crippen LogP contribution is 1.95. The summed E-state index contributed by atoms with van der Waals surface area (Å²) in [6.45, 7) is 1.77. The summed E-state index contributed by atoms with van der Waals surface area (Å²) >= 11 is 4.36. The summed E-state index contributed by atoms with van der Waals surface area (Å²) < 4.78 is 7.84. The molecule has 0 aromatic heterocycles.